The SMILES string of the molecule is COC(=O)c1sc(N)c(C(=O)OC)c1COC(=O)c1scnc1C. The number of hydrogen-bond acceptors (Lipinski definition) is 10. The van der Waals surface area contributed by atoms with E-state index in [2.05, 4.69) is 14.5 Å². The molecule has 0 bridgehead atoms. The Kier molecular flexibility index (Phi) is 5.52. The highest BCUT2D eigenvalue weighted by atomic mass is 32.1. The smallest absolute Gasteiger partial charge is 0.350 e. The largest absolute Gasteiger partial charge is 0.465 e. The lowest BCUT2D eigenvalue weighted by Crippen LogP contribution is -2.12. The first kappa shape index (κ1) is 17.9. The van der Waals surface area contributed by atoms with E-state index in [0.29, 0.717) is 10.6 Å². The molecular formula is C14H14N2O6S2. The lowest BCUT2D eigenvalue weighted by molar-refractivity contribution is 0.0456. The van der Waals surface area contributed by atoms with Gasteiger partial charge in [0.05, 0.1) is 25.4 Å². The van der Waals surface area contributed by atoms with Gasteiger partial charge in [-0.05, 0) is 6.92 Å². The Morgan fingerprint density at radius 2 is 1.79 bits per heavy atom. The Morgan fingerprint density at radius 1 is 1.12 bits per heavy atom. The van der Waals surface area contributed by atoms with Crippen LogP contribution in [0.15, 0.2) is 5.51 Å². The lowest BCUT2D eigenvalue weighted by atomic mass is 10.1. The number of thiophene rings is 1. The molecule has 0 aliphatic rings. The topological polar surface area (TPSA) is 118 Å². The van der Waals surface area contributed by atoms with Gasteiger partial charge < -0.3 is 19.9 Å². The van der Waals surface area contributed by atoms with Gasteiger partial charge in [-0.1, -0.05) is 0 Å². The third kappa shape index (κ3) is 3.39. The van der Waals surface area contributed by atoms with Crippen LogP contribution in [0.1, 0.15) is 41.0 Å². The Labute approximate surface area is 145 Å². The van der Waals surface area contributed by atoms with E-state index in [1.54, 1.807) is 6.92 Å². The second-order valence-corrected chi connectivity index (χ2v) is 6.38. The molecule has 0 aliphatic heterocycles. The molecule has 0 saturated carbocycles. The molecule has 128 valence electrons. The van der Waals surface area contributed by atoms with Crippen molar-refractivity contribution < 1.29 is 28.6 Å². The number of aryl methyl sites for hydroxylation is 1. The molecule has 2 N–H and O–H groups in total. The van der Waals surface area contributed by atoms with Crippen molar-refractivity contribution >= 4 is 45.6 Å². The van der Waals surface area contributed by atoms with Crippen LogP contribution in [0.2, 0.25) is 0 Å². The molecule has 2 heterocycles. The number of nitrogens with zero attached hydrogens (tertiary/aromatic N) is 1. The van der Waals surface area contributed by atoms with E-state index in [0.717, 1.165) is 22.7 Å². The maximum atomic E-state index is 12.1. The zero-order valence-corrected chi connectivity index (χ0v) is 14.7. The fraction of sp³-hybridized carbons (Fsp3) is 0.286. The molecule has 2 rings (SSSR count). The summed E-state index contributed by atoms with van der Waals surface area (Å²) in [6.45, 7) is 1.36. The monoisotopic (exact) mass is 370 g/mol. The number of thiazole rings is 1. The highest BCUT2D eigenvalue weighted by Crippen LogP contribution is 2.33. The highest BCUT2D eigenvalue weighted by Gasteiger charge is 2.28. The Morgan fingerprint density at radius 3 is 2.33 bits per heavy atom. The van der Waals surface area contributed by atoms with Gasteiger partial charge in [-0.3, -0.25) is 0 Å². The summed E-state index contributed by atoms with van der Waals surface area (Å²) in [5.41, 5.74) is 8.01. The summed E-state index contributed by atoms with van der Waals surface area (Å²) < 4.78 is 14.5. The maximum Gasteiger partial charge on any atom is 0.350 e. The summed E-state index contributed by atoms with van der Waals surface area (Å²) in [6, 6.07) is 0. The summed E-state index contributed by atoms with van der Waals surface area (Å²) in [4.78, 5) is 40.3. The average Bonchev–Trinajstić information content (AvgIpc) is 3.14. The number of anilines is 1. The predicted octanol–water partition coefficient (Wildman–Crippen LogP) is 2.03. The fourth-order valence-electron chi connectivity index (χ4n) is 1.91. The number of aromatic nitrogens is 1. The Bertz CT molecular complexity index is 795. The molecule has 0 saturated heterocycles. The second-order valence-electron chi connectivity index (χ2n) is 4.48. The van der Waals surface area contributed by atoms with Crippen molar-refractivity contribution in [2.24, 2.45) is 0 Å². The summed E-state index contributed by atoms with van der Waals surface area (Å²) in [5.74, 6) is -2.01. The zero-order valence-electron chi connectivity index (χ0n) is 13.1. The first-order chi connectivity index (χ1) is 11.4. The van der Waals surface area contributed by atoms with Crippen molar-refractivity contribution in [3.8, 4) is 0 Å². The van der Waals surface area contributed by atoms with Gasteiger partial charge in [0.1, 0.15) is 26.9 Å². The van der Waals surface area contributed by atoms with Crippen LogP contribution in [0, 0.1) is 6.92 Å². The Balaban J connectivity index is 2.33. The van der Waals surface area contributed by atoms with E-state index in [-0.39, 0.29) is 27.6 Å². The summed E-state index contributed by atoms with van der Waals surface area (Å²) in [5, 5.41) is 0.0854. The molecule has 0 fully saturated rings. The number of carbonyl (C=O) groups is 3. The highest BCUT2D eigenvalue weighted by molar-refractivity contribution is 7.18. The molecule has 0 atom stereocenters. The summed E-state index contributed by atoms with van der Waals surface area (Å²) >= 11 is 2.01. The standard InChI is InChI=1S/C14H14N2O6S2/c1-6-9(23-5-16-6)14(19)22-4-7-8(12(17)20-2)11(15)24-10(7)13(18)21-3/h5H,4,15H2,1-3H3. The van der Waals surface area contributed by atoms with Crippen molar-refractivity contribution in [1.82, 2.24) is 4.98 Å². The zero-order chi connectivity index (χ0) is 17.9. The van der Waals surface area contributed by atoms with Gasteiger partial charge in [-0.25, -0.2) is 19.4 Å². The van der Waals surface area contributed by atoms with Crippen LogP contribution < -0.4 is 5.73 Å². The molecule has 0 aromatic carbocycles. The third-order valence-corrected chi connectivity index (χ3v) is 5.02. The second kappa shape index (κ2) is 7.41. The van der Waals surface area contributed by atoms with E-state index in [1.165, 1.54) is 19.7 Å². The predicted molar refractivity (Wildman–Crippen MR) is 87.4 cm³/mol. The molecule has 0 amide bonds. The van der Waals surface area contributed by atoms with E-state index in [9.17, 15) is 14.4 Å². The molecule has 24 heavy (non-hydrogen) atoms. The van der Waals surface area contributed by atoms with Crippen molar-refractivity contribution in [3.63, 3.8) is 0 Å². The number of methoxy groups -OCH3 is 2. The normalized spacial score (nSPS) is 10.3. The summed E-state index contributed by atoms with van der Waals surface area (Å²) in [6.07, 6.45) is 0. The van der Waals surface area contributed by atoms with E-state index >= 15 is 0 Å². The molecule has 8 nitrogen and oxygen atoms in total. The minimum Gasteiger partial charge on any atom is -0.465 e. The van der Waals surface area contributed by atoms with Crippen LogP contribution in [0.3, 0.4) is 0 Å². The van der Waals surface area contributed by atoms with Crippen LogP contribution in [0.25, 0.3) is 0 Å². The molecule has 0 radical (unpaired) electrons. The molecular weight excluding hydrogens is 356 g/mol. The van der Waals surface area contributed by atoms with Gasteiger partial charge in [0, 0.05) is 5.56 Å². The van der Waals surface area contributed by atoms with Gasteiger partial charge in [0.2, 0.25) is 0 Å². The minimum absolute atomic E-state index is 0.00303. The number of nitrogens with two attached hydrogens (primary N) is 1. The van der Waals surface area contributed by atoms with Crippen molar-refractivity contribution in [2.45, 2.75) is 13.5 Å². The Hall–Kier alpha value is -2.46. The average molecular weight is 370 g/mol. The molecule has 0 aliphatic carbocycles. The maximum absolute atomic E-state index is 12.1. The minimum atomic E-state index is -0.723. The van der Waals surface area contributed by atoms with Crippen molar-refractivity contribution in [2.75, 3.05) is 20.0 Å². The quantitative estimate of drug-likeness (QED) is 0.627. The van der Waals surface area contributed by atoms with Gasteiger partial charge in [-0.2, -0.15) is 0 Å². The molecule has 2 aromatic heterocycles. The molecule has 0 spiro atoms. The van der Waals surface area contributed by atoms with Crippen molar-refractivity contribution in [3.05, 3.63) is 32.1 Å². The van der Waals surface area contributed by atoms with E-state index < -0.39 is 17.9 Å². The van der Waals surface area contributed by atoms with E-state index in [4.69, 9.17) is 10.5 Å². The van der Waals surface area contributed by atoms with Crippen LogP contribution in [-0.4, -0.2) is 37.1 Å². The molecule has 10 heteroatoms. The van der Waals surface area contributed by atoms with Gasteiger partial charge >= 0.3 is 17.9 Å². The van der Waals surface area contributed by atoms with E-state index in [1.807, 2.05) is 0 Å². The number of esters is 3. The molecule has 0 unspecified atom stereocenters. The number of nitrogen functional groups attached to an aromatic ring is 1. The van der Waals surface area contributed by atoms with Crippen LogP contribution in [0.5, 0.6) is 0 Å². The fourth-order valence-corrected chi connectivity index (χ4v) is 3.58. The van der Waals surface area contributed by atoms with Gasteiger partial charge in [0.25, 0.3) is 0 Å². The number of hydrogen-bond donors (Lipinski definition) is 1. The van der Waals surface area contributed by atoms with Crippen molar-refractivity contribution in [1.29, 1.82) is 0 Å². The number of rotatable bonds is 5. The van der Waals surface area contributed by atoms with Gasteiger partial charge in [0.15, 0.2) is 0 Å². The van der Waals surface area contributed by atoms with Gasteiger partial charge in [-0.15, -0.1) is 22.7 Å². The number of carbonyl (C=O) groups excluding carboxylic acids is 3. The van der Waals surface area contributed by atoms with Crippen LogP contribution >= 0.6 is 22.7 Å². The number of ether oxygens (including phenoxy) is 3. The lowest BCUT2D eigenvalue weighted by Gasteiger charge is -2.07. The van der Waals surface area contributed by atoms with Crippen LogP contribution in [-0.2, 0) is 20.8 Å². The summed E-state index contributed by atoms with van der Waals surface area (Å²) in [7, 11) is 2.39. The molecule has 2 aromatic rings. The third-order valence-electron chi connectivity index (χ3n) is 3.07. The first-order valence-corrected chi connectivity index (χ1v) is 8.25. The van der Waals surface area contributed by atoms with Crippen LogP contribution in [0.4, 0.5) is 5.00 Å². The first-order valence-electron chi connectivity index (χ1n) is 6.55.